The van der Waals surface area contributed by atoms with Crippen LogP contribution in [0.15, 0.2) is 56.9 Å². The van der Waals surface area contributed by atoms with Crippen molar-refractivity contribution in [3.63, 3.8) is 0 Å². The fourth-order valence-electron chi connectivity index (χ4n) is 3.28. The Labute approximate surface area is 175 Å². The van der Waals surface area contributed by atoms with E-state index in [1.807, 2.05) is 0 Å². The zero-order valence-corrected chi connectivity index (χ0v) is 18.3. The first kappa shape index (κ1) is 21.9. The molecule has 10 heteroatoms. The number of carbonyl (C=O) groups excluding carboxylic acids is 1. The number of amides is 1. The number of sulfone groups is 1. The Morgan fingerprint density at radius 2 is 1.86 bits per heavy atom. The topological polar surface area (TPSA) is 101 Å². The van der Waals surface area contributed by atoms with E-state index in [4.69, 9.17) is 0 Å². The number of nitrogens with one attached hydrogen (secondary N) is 1. The minimum Gasteiger partial charge on any atom is -0.356 e. The van der Waals surface area contributed by atoms with Crippen LogP contribution in [0.25, 0.3) is 0 Å². The molecule has 7 nitrogen and oxygen atoms in total. The number of hydrogen-bond acceptors (Lipinski definition) is 6. The Bertz CT molecular complexity index is 1020. The number of thiophene rings is 1. The molecule has 0 spiro atoms. The van der Waals surface area contributed by atoms with Gasteiger partial charge in [-0.15, -0.1) is 11.3 Å². The highest BCUT2D eigenvalue weighted by Crippen LogP contribution is 2.26. The smallest absolute Gasteiger partial charge is 0.252 e. The fourth-order valence-corrected chi connectivity index (χ4v) is 7.28. The van der Waals surface area contributed by atoms with Gasteiger partial charge in [0.25, 0.3) is 10.0 Å². The second-order valence-corrected chi connectivity index (χ2v) is 12.1. The number of sulfonamides is 1. The molecule has 0 radical (unpaired) electrons. The molecule has 158 valence electrons. The maximum absolute atomic E-state index is 12.7. The van der Waals surface area contributed by atoms with E-state index in [9.17, 15) is 21.6 Å². The quantitative estimate of drug-likeness (QED) is 0.614. The number of carbonyl (C=O) groups is 1. The first-order chi connectivity index (χ1) is 13.8. The van der Waals surface area contributed by atoms with Crippen LogP contribution in [0.4, 0.5) is 0 Å². The van der Waals surface area contributed by atoms with Gasteiger partial charge < -0.3 is 5.32 Å². The summed E-state index contributed by atoms with van der Waals surface area (Å²) in [5, 5.41) is 4.47. The zero-order chi connectivity index (χ0) is 20.9. The van der Waals surface area contributed by atoms with Crippen molar-refractivity contribution in [2.45, 2.75) is 28.4 Å². The molecule has 29 heavy (non-hydrogen) atoms. The van der Waals surface area contributed by atoms with Gasteiger partial charge in [-0.3, -0.25) is 4.79 Å². The van der Waals surface area contributed by atoms with E-state index in [0.29, 0.717) is 25.8 Å². The molecule has 1 amide bonds. The van der Waals surface area contributed by atoms with E-state index >= 15 is 0 Å². The first-order valence-electron chi connectivity index (χ1n) is 9.40. The van der Waals surface area contributed by atoms with E-state index in [1.54, 1.807) is 47.8 Å². The monoisotopic (exact) mass is 456 g/mol. The van der Waals surface area contributed by atoms with Crippen molar-refractivity contribution in [2.75, 3.05) is 25.4 Å². The summed E-state index contributed by atoms with van der Waals surface area (Å²) >= 11 is 1.16. The molecule has 1 fully saturated rings. The van der Waals surface area contributed by atoms with Crippen LogP contribution in [0.1, 0.15) is 19.3 Å². The molecule has 3 rings (SSSR count). The normalized spacial score (nSPS) is 18.4. The molecule has 2 aromatic rings. The second-order valence-electron chi connectivity index (χ2n) is 6.91. The summed E-state index contributed by atoms with van der Waals surface area (Å²) in [6.45, 7) is 0.785. The Morgan fingerprint density at radius 3 is 2.55 bits per heavy atom. The highest BCUT2D eigenvalue weighted by molar-refractivity contribution is 7.91. The zero-order valence-electron chi connectivity index (χ0n) is 15.9. The summed E-state index contributed by atoms with van der Waals surface area (Å²) in [6, 6.07) is 11.5. The predicted molar refractivity (Wildman–Crippen MR) is 112 cm³/mol. The lowest BCUT2D eigenvalue weighted by Crippen LogP contribution is -2.45. The number of benzene rings is 1. The number of piperidine rings is 1. The van der Waals surface area contributed by atoms with E-state index in [2.05, 4.69) is 5.32 Å². The highest BCUT2D eigenvalue weighted by atomic mass is 32.2. The second kappa shape index (κ2) is 9.38. The summed E-state index contributed by atoms with van der Waals surface area (Å²) < 4.78 is 51.5. The molecule has 0 aliphatic carbocycles. The molecule has 0 saturated carbocycles. The Hall–Kier alpha value is -1.75. The number of rotatable bonds is 8. The summed E-state index contributed by atoms with van der Waals surface area (Å²) in [7, 11) is -6.94. The van der Waals surface area contributed by atoms with Gasteiger partial charge in [0, 0.05) is 19.6 Å². The third-order valence-electron chi connectivity index (χ3n) is 4.84. The third-order valence-corrected chi connectivity index (χ3v) is 9.89. The van der Waals surface area contributed by atoms with E-state index in [0.717, 1.165) is 11.3 Å². The van der Waals surface area contributed by atoms with Gasteiger partial charge in [0.2, 0.25) is 5.91 Å². The fraction of sp³-hybridized carbons (Fsp3) is 0.421. The Kier molecular flexibility index (Phi) is 7.10. The molecular formula is C19H24N2O5S3. The number of nitrogens with zero attached hydrogens (tertiary/aromatic N) is 1. The first-order valence-corrected chi connectivity index (χ1v) is 13.4. The van der Waals surface area contributed by atoms with E-state index in [-0.39, 0.29) is 33.9 Å². The van der Waals surface area contributed by atoms with Crippen LogP contribution in [0, 0.1) is 5.92 Å². The van der Waals surface area contributed by atoms with Gasteiger partial charge in [0.05, 0.1) is 16.6 Å². The minimum absolute atomic E-state index is 0.0547. The van der Waals surface area contributed by atoms with Crippen LogP contribution in [0.3, 0.4) is 0 Å². The van der Waals surface area contributed by atoms with Crippen molar-refractivity contribution in [2.24, 2.45) is 5.92 Å². The van der Waals surface area contributed by atoms with Crippen LogP contribution in [-0.2, 0) is 24.7 Å². The standard InChI is InChI=1S/C19H24N2O5S3/c22-19(20-11-6-14-28(23,24)17-8-2-1-3-9-17)16-7-4-12-21(15-16)29(25,26)18-10-5-13-27-18/h1-3,5,8-10,13,16H,4,6-7,11-12,14-15H2,(H,20,22). The lowest BCUT2D eigenvalue weighted by atomic mass is 9.99. The van der Waals surface area contributed by atoms with Crippen LogP contribution >= 0.6 is 11.3 Å². The van der Waals surface area contributed by atoms with Gasteiger partial charge in [-0.1, -0.05) is 24.3 Å². The predicted octanol–water partition coefficient (Wildman–Crippen LogP) is 2.13. The SMILES string of the molecule is O=C(NCCCS(=O)(=O)c1ccccc1)C1CCCN(S(=O)(=O)c2cccs2)C1. The van der Waals surface area contributed by atoms with Crippen molar-refractivity contribution in [3.8, 4) is 0 Å². The van der Waals surface area contributed by atoms with Crippen molar-refractivity contribution in [3.05, 3.63) is 47.8 Å². The lowest BCUT2D eigenvalue weighted by Gasteiger charge is -2.30. The van der Waals surface area contributed by atoms with Gasteiger partial charge in [-0.05, 0) is 42.8 Å². The average molecular weight is 457 g/mol. The van der Waals surface area contributed by atoms with E-state index in [1.165, 1.54) is 4.31 Å². The molecule has 0 bridgehead atoms. The molecule has 1 N–H and O–H groups in total. The summed E-state index contributed by atoms with van der Waals surface area (Å²) in [5.74, 6) is -0.710. The Morgan fingerprint density at radius 1 is 1.10 bits per heavy atom. The molecule has 1 aromatic carbocycles. The van der Waals surface area contributed by atoms with Gasteiger partial charge in [0.15, 0.2) is 9.84 Å². The van der Waals surface area contributed by atoms with Gasteiger partial charge >= 0.3 is 0 Å². The van der Waals surface area contributed by atoms with Gasteiger partial charge in [-0.2, -0.15) is 4.31 Å². The lowest BCUT2D eigenvalue weighted by molar-refractivity contribution is -0.126. The van der Waals surface area contributed by atoms with Crippen molar-refractivity contribution in [1.29, 1.82) is 0 Å². The largest absolute Gasteiger partial charge is 0.356 e. The highest BCUT2D eigenvalue weighted by Gasteiger charge is 2.33. The minimum atomic E-state index is -3.57. The molecule has 1 atom stereocenters. The molecular weight excluding hydrogens is 432 g/mol. The molecule has 1 unspecified atom stereocenters. The van der Waals surface area contributed by atoms with Crippen LogP contribution in [0.2, 0.25) is 0 Å². The van der Waals surface area contributed by atoms with Crippen LogP contribution < -0.4 is 5.32 Å². The summed E-state index contributed by atoms with van der Waals surface area (Å²) in [4.78, 5) is 12.7. The van der Waals surface area contributed by atoms with E-state index < -0.39 is 25.8 Å². The van der Waals surface area contributed by atoms with Crippen LogP contribution in [0.5, 0.6) is 0 Å². The van der Waals surface area contributed by atoms with Crippen molar-refractivity contribution >= 4 is 37.1 Å². The van der Waals surface area contributed by atoms with Gasteiger partial charge in [0.1, 0.15) is 4.21 Å². The summed E-state index contributed by atoms with van der Waals surface area (Å²) in [6.07, 6.45) is 1.53. The maximum Gasteiger partial charge on any atom is 0.252 e. The summed E-state index contributed by atoms with van der Waals surface area (Å²) in [5.41, 5.74) is 0. The van der Waals surface area contributed by atoms with Crippen molar-refractivity contribution < 1.29 is 21.6 Å². The number of hydrogen-bond donors (Lipinski definition) is 1. The average Bonchev–Trinajstić information content (AvgIpc) is 3.28. The molecule has 1 aliphatic heterocycles. The molecule has 1 aromatic heterocycles. The molecule has 1 saturated heterocycles. The third kappa shape index (κ3) is 5.44. The van der Waals surface area contributed by atoms with Gasteiger partial charge in [-0.25, -0.2) is 16.8 Å². The molecule has 1 aliphatic rings. The molecule has 2 heterocycles. The van der Waals surface area contributed by atoms with Crippen LogP contribution in [-0.4, -0.2) is 52.4 Å². The van der Waals surface area contributed by atoms with Crippen molar-refractivity contribution in [1.82, 2.24) is 9.62 Å². The Balaban J connectivity index is 1.49. The maximum atomic E-state index is 12.7.